The summed E-state index contributed by atoms with van der Waals surface area (Å²) in [5.74, 6) is -0.382. The van der Waals surface area contributed by atoms with Gasteiger partial charge in [-0.2, -0.15) is 5.26 Å². The van der Waals surface area contributed by atoms with Crippen molar-refractivity contribution >= 4 is 11.8 Å². The van der Waals surface area contributed by atoms with Crippen molar-refractivity contribution in [1.82, 2.24) is 10.2 Å². The first-order valence-electron chi connectivity index (χ1n) is 6.49. The van der Waals surface area contributed by atoms with Gasteiger partial charge in [0.2, 0.25) is 11.8 Å². The Kier molecular flexibility index (Phi) is 5.14. The number of nitrogens with zero attached hydrogens (tertiary/aromatic N) is 2. The quantitative estimate of drug-likeness (QED) is 0.794. The Balaban J connectivity index is 2.56. The van der Waals surface area contributed by atoms with Crippen LogP contribution in [0, 0.1) is 16.7 Å². The molecule has 18 heavy (non-hydrogen) atoms. The van der Waals surface area contributed by atoms with E-state index in [9.17, 15) is 14.9 Å². The molecule has 1 saturated carbocycles. The van der Waals surface area contributed by atoms with E-state index in [1.807, 2.05) is 6.92 Å². The number of hydrogen-bond acceptors (Lipinski definition) is 3. The van der Waals surface area contributed by atoms with Crippen LogP contribution >= 0.6 is 0 Å². The van der Waals surface area contributed by atoms with Crippen LogP contribution in [0.4, 0.5) is 0 Å². The predicted molar refractivity (Wildman–Crippen MR) is 67.5 cm³/mol. The number of carbonyl (C=O) groups excluding carboxylic acids is 2. The van der Waals surface area contributed by atoms with Crippen LogP contribution in [-0.2, 0) is 9.59 Å². The Morgan fingerprint density at radius 1 is 1.39 bits per heavy atom. The van der Waals surface area contributed by atoms with E-state index in [-0.39, 0.29) is 18.4 Å². The molecule has 1 fully saturated rings. The minimum atomic E-state index is -0.889. The zero-order valence-electron chi connectivity index (χ0n) is 11.2. The van der Waals surface area contributed by atoms with Gasteiger partial charge < -0.3 is 10.2 Å². The fourth-order valence-corrected chi connectivity index (χ4v) is 2.32. The average molecular weight is 251 g/mol. The SMILES string of the molecule is CCCNC(=O)CN(C)C(=O)C1(C#N)CCCC1. The van der Waals surface area contributed by atoms with E-state index in [2.05, 4.69) is 11.4 Å². The van der Waals surface area contributed by atoms with Crippen molar-refractivity contribution in [3.05, 3.63) is 0 Å². The minimum absolute atomic E-state index is 0.0300. The highest BCUT2D eigenvalue weighted by Gasteiger charge is 2.43. The lowest BCUT2D eigenvalue weighted by Gasteiger charge is -2.26. The van der Waals surface area contributed by atoms with E-state index in [0.717, 1.165) is 19.3 Å². The minimum Gasteiger partial charge on any atom is -0.355 e. The van der Waals surface area contributed by atoms with E-state index in [1.165, 1.54) is 4.90 Å². The Bertz CT molecular complexity index is 354. The number of amides is 2. The van der Waals surface area contributed by atoms with Crippen molar-refractivity contribution in [1.29, 1.82) is 5.26 Å². The molecule has 1 aliphatic carbocycles. The summed E-state index contributed by atoms with van der Waals surface area (Å²) in [5, 5.41) is 11.9. The van der Waals surface area contributed by atoms with E-state index in [1.54, 1.807) is 7.05 Å². The molecule has 5 nitrogen and oxygen atoms in total. The molecule has 0 radical (unpaired) electrons. The number of nitrogens with one attached hydrogen (secondary N) is 1. The highest BCUT2D eigenvalue weighted by atomic mass is 16.2. The maximum atomic E-state index is 12.2. The lowest BCUT2D eigenvalue weighted by atomic mass is 9.86. The number of likely N-dealkylation sites (N-methyl/N-ethyl adjacent to an activating group) is 1. The molecule has 0 heterocycles. The maximum Gasteiger partial charge on any atom is 0.243 e. The van der Waals surface area contributed by atoms with E-state index >= 15 is 0 Å². The molecule has 0 aromatic heterocycles. The van der Waals surface area contributed by atoms with Gasteiger partial charge in [-0.3, -0.25) is 9.59 Å². The lowest BCUT2D eigenvalue weighted by Crippen LogP contribution is -2.44. The molecule has 0 aliphatic heterocycles. The zero-order valence-corrected chi connectivity index (χ0v) is 11.2. The van der Waals surface area contributed by atoms with Crippen LogP contribution in [0.2, 0.25) is 0 Å². The summed E-state index contributed by atoms with van der Waals surface area (Å²) >= 11 is 0. The number of nitriles is 1. The van der Waals surface area contributed by atoms with Gasteiger partial charge in [-0.25, -0.2) is 0 Å². The van der Waals surface area contributed by atoms with Gasteiger partial charge in [-0.05, 0) is 19.3 Å². The molecule has 1 aliphatic rings. The third kappa shape index (κ3) is 3.22. The Morgan fingerprint density at radius 2 is 2.00 bits per heavy atom. The van der Waals surface area contributed by atoms with Crippen molar-refractivity contribution < 1.29 is 9.59 Å². The molecule has 1 N–H and O–H groups in total. The molecular formula is C13H21N3O2. The highest BCUT2D eigenvalue weighted by Crippen LogP contribution is 2.38. The van der Waals surface area contributed by atoms with Gasteiger partial charge in [-0.15, -0.1) is 0 Å². The molecular weight excluding hydrogens is 230 g/mol. The van der Waals surface area contributed by atoms with E-state index < -0.39 is 5.41 Å². The summed E-state index contributed by atoms with van der Waals surface area (Å²) in [7, 11) is 1.59. The second kappa shape index (κ2) is 6.39. The van der Waals surface area contributed by atoms with E-state index in [4.69, 9.17) is 0 Å². The van der Waals surface area contributed by atoms with Gasteiger partial charge in [0.05, 0.1) is 12.6 Å². The number of hydrogen-bond donors (Lipinski definition) is 1. The summed E-state index contributed by atoms with van der Waals surface area (Å²) in [4.78, 5) is 25.1. The van der Waals surface area contributed by atoms with Gasteiger partial charge >= 0.3 is 0 Å². The average Bonchev–Trinajstić information content (AvgIpc) is 2.85. The van der Waals surface area contributed by atoms with Crippen molar-refractivity contribution in [2.45, 2.75) is 39.0 Å². The summed E-state index contributed by atoms with van der Waals surface area (Å²) in [6.07, 6.45) is 3.92. The van der Waals surface area contributed by atoms with E-state index in [0.29, 0.717) is 19.4 Å². The van der Waals surface area contributed by atoms with Crippen molar-refractivity contribution in [2.24, 2.45) is 5.41 Å². The first-order chi connectivity index (χ1) is 8.55. The molecule has 0 unspecified atom stereocenters. The highest BCUT2D eigenvalue weighted by molar-refractivity contribution is 5.89. The fourth-order valence-electron chi connectivity index (χ4n) is 2.32. The smallest absolute Gasteiger partial charge is 0.243 e. The first kappa shape index (κ1) is 14.5. The van der Waals surface area contributed by atoms with Crippen LogP contribution in [0.25, 0.3) is 0 Å². The standard InChI is InChI=1S/C13H21N3O2/c1-3-8-15-11(17)9-16(2)12(18)13(10-14)6-4-5-7-13/h3-9H2,1-2H3,(H,15,17). The normalized spacial score (nSPS) is 16.9. The van der Waals surface area contributed by atoms with Crippen LogP contribution in [0.3, 0.4) is 0 Å². The molecule has 2 amide bonds. The first-order valence-corrected chi connectivity index (χ1v) is 6.49. The van der Waals surface area contributed by atoms with Gasteiger partial charge in [0.25, 0.3) is 0 Å². The summed E-state index contributed by atoms with van der Waals surface area (Å²) in [5.41, 5.74) is -0.889. The largest absolute Gasteiger partial charge is 0.355 e. The summed E-state index contributed by atoms with van der Waals surface area (Å²) < 4.78 is 0. The number of carbonyl (C=O) groups is 2. The third-order valence-electron chi connectivity index (χ3n) is 3.38. The molecule has 0 saturated heterocycles. The lowest BCUT2D eigenvalue weighted by molar-refractivity contribution is -0.140. The van der Waals surface area contributed by atoms with Gasteiger partial charge in [0.1, 0.15) is 5.41 Å². The number of rotatable bonds is 5. The molecule has 100 valence electrons. The summed E-state index contributed by atoms with van der Waals surface area (Å²) in [6.45, 7) is 2.62. The molecule has 0 aromatic rings. The Labute approximate surface area is 108 Å². The van der Waals surface area contributed by atoms with Crippen LogP contribution in [0.5, 0.6) is 0 Å². The van der Waals surface area contributed by atoms with Crippen LogP contribution in [-0.4, -0.2) is 36.9 Å². The molecule has 0 bridgehead atoms. The van der Waals surface area contributed by atoms with Crippen molar-refractivity contribution in [3.63, 3.8) is 0 Å². The second-order valence-corrected chi connectivity index (χ2v) is 4.91. The fraction of sp³-hybridized carbons (Fsp3) is 0.769. The second-order valence-electron chi connectivity index (χ2n) is 4.91. The maximum absolute atomic E-state index is 12.2. The third-order valence-corrected chi connectivity index (χ3v) is 3.38. The summed E-state index contributed by atoms with van der Waals surface area (Å²) in [6, 6.07) is 2.15. The monoisotopic (exact) mass is 251 g/mol. The molecule has 0 spiro atoms. The molecule has 0 atom stereocenters. The van der Waals surface area contributed by atoms with Crippen molar-refractivity contribution in [2.75, 3.05) is 20.1 Å². The van der Waals surface area contributed by atoms with Crippen LogP contribution in [0.1, 0.15) is 39.0 Å². The molecule has 5 heteroatoms. The van der Waals surface area contributed by atoms with Crippen LogP contribution < -0.4 is 5.32 Å². The predicted octanol–water partition coefficient (Wildman–Crippen LogP) is 1.05. The zero-order chi connectivity index (χ0) is 13.6. The van der Waals surface area contributed by atoms with Gasteiger partial charge in [0, 0.05) is 13.6 Å². The Morgan fingerprint density at radius 3 is 2.50 bits per heavy atom. The van der Waals surface area contributed by atoms with Crippen molar-refractivity contribution in [3.8, 4) is 6.07 Å². The van der Waals surface area contributed by atoms with Gasteiger partial charge in [0.15, 0.2) is 0 Å². The Hall–Kier alpha value is -1.57. The van der Waals surface area contributed by atoms with Crippen LogP contribution in [0.15, 0.2) is 0 Å². The van der Waals surface area contributed by atoms with Gasteiger partial charge in [-0.1, -0.05) is 19.8 Å². The topological polar surface area (TPSA) is 73.2 Å². The molecule has 1 rings (SSSR count). The molecule has 0 aromatic carbocycles.